The lowest BCUT2D eigenvalue weighted by molar-refractivity contribution is 0.0746. The molecule has 160 valence electrons. The molecule has 31 heavy (non-hydrogen) atoms. The Morgan fingerprint density at radius 2 is 1.71 bits per heavy atom. The average molecular weight is 419 g/mol. The summed E-state index contributed by atoms with van der Waals surface area (Å²) in [5.41, 5.74) is 4.84. The van der Waals surface area contributed by atoms with Crippen LogP contribution in [-0.4, -0.2) is 47.0 Å². The van der Waals surface area contributed by atoms with Crippen molar-refractivity contribution in [3.63, 3.8) is 0 Å². The Balaban J connectivity index is 1.56. The Morgan fingerprint density at radius 1 is 1.00 bits per heavy atom. The molecule has 4 rings (SSSR count). The van der Waals surface area contributed by atoms with E-state index < -0.39 is 0 Å². The largest absolute Gasteiger partial charge is 0.353 e. The number of anilines is 1. The number of halogens is 1. The van der Waals surface area contributed by atoms with Crippen LogP contribution in [0, 0.1) is 19.7 Å². The van der Waals surface area contributed by atoms with Crippen LogP contribution in [0.15, 0.2) is 48.5 Å². The number of aromatic nitrogens is 2. The Kier molecular flexibility index (Phi) is 5.98. The predicted molar refractivity (Wildman–Crippen MR) is 121 cm³/mol. The molecule has 1 aliphatic heterocycles. The molecule has 1 saturated heterocycles. The maximum Gasteiger partial charge on any atom is 0.253 e. The Labute approximate surface area is 182 Å². The normalized spacial score (nSPS) is 14.1. The van der Waals surface area contributed by atoms with Gasteiger partial charge in [0.05, 0.1) is 0 Å². The number of amides is 1. The smallest absolute Gasteiger partial charge is 0.253 e. The summed E-state index contributed by atoms with van der Waals surface area (Å²) in [7, 11) is 0. The van der Waals surface area contributed by atoms with Crippen LogP contribution in [0.1, 0.15) is 34.1 Å². The second kappa shape index (κ2) is 8.84. The van der Waals surface area contributed by atoms with Gasteiger partial charge >= 0.3 is 0 Å². The molecule has 1 aliphatic rings. The van der Waals surface area contributed by atoms with Gasteiger partial charge in [0, 0.05) is 48.6 Å². The van der Waals surface area contributed by atoms with Crippen molar-refractivity contribution in [1.29, 1.82) is 0 Å². The lowest BCUT2D eigenvalue weighted by Gasteiger charge is -2.36. The van der Waals surface area contributed by atoms with E-state index in [2.05, 4.69) is 30.9 Å². The molecule has 0 spiro atoms. The third-order valence-corrected chi connectivity index (χ3v) is 5.78. The van der Waals surface area contributed by atoms with Gasteiger partial charge in [-0.25, -0.2) is 14.4 Å². The highest BCUT2D eigenvalue weighted by Crippen LogP contribution is 2.27. The van der Waals surface area contributed by atoms with Crippen molar-refractivity contribution in [1.82, 2.24) is 14.9 Å². The van der Waals surface area contributed by atoms with Crippen LogP contribution in [0.2, 0.25) is 0 Å². The number of nitrogens with zero attached hydrogens (tertiary/aromatic N) is 4. The first kappa shape index (κ1) is 21.0. The highest BCUT2D eigenvalue weighted by molar-refractivity contribution is 5.94. The van der Waals surface area contributed by atoms with Crippen molar-refractivity contribution in [3.8, 4) is 11.4 Å². The molecule has 1 amide bonds. The number of carbonyl (C=O) groups is 1. The van der Waals surface area contributed by atoms with E-state index in [1.807, 2.05) is 24.0 Å². The number of aryl methyl sites for hydroxylation is 2. The molecule has 0 aliphatic carbocycles. The van der Waals surface area contributed by atoms with Crippen molar-refractivity contribution >= 4 is 11.7 Å². The zero-order valence-electron chi connectivity index (χ0n) is 18.2. The van der Waals surface area contributed by atoms with E-state index in [1.165, 1.54) is 17.7 Å². The minimum atomic E-state index is -0.336. The van der Waals surface area contributed by atoms with Crippen molar-refractivity contribution in [2.45, 2.75) is 27.2 Å². The first-order chi connectivity index (χ1) is 15.0. The number of benzene rings is 2. The summed E-state index contributed by atoms with van der Waals surface area (Å²) in [5, 5.41) is 0. The maximum atomic E-state index is 13.2. The zero-order chi connectivity index (χ0) is 22.0. The number of rotatable bonds is 4. The van der Waals surface area contributed by atoms with Gasteiger partial charge in [-0.05, 0) is 50.6 Å². The highest BCUT2D eigenvalue weighted by Gasteiger charge is 2.25. The zero-order valence-corrected chi connectivity index (χ0v) is 18.2. The molecule has 0 unspecified atom stereocenters. The summed E-state index contributed by atoms with van der Waals surface area (Å²) in [6.45, 7) is 8.82. The first-order valence-electron chi connectivity index (χ1n) is 10.7. The van der Waals surface area contributed by atoms with Gasteiger partial charge < -0.3 is 9.80 Å². The predicted octanol–water partition coefficient (Wildman–Crippen LogP) is 4.42. The summed E-state index contributed by atoms with van der Waals surface area (Å²) in [5.74, 6) is 1.30. The lowest BCUT2D eigenvalue weighted by atomic mass is 10.1. The van der Waals surface area contributed by atoms with Crippen LogP contribution in [0.5, 0.6) is 0 Å². The molecule has 2 heterocycles. The molecule has 0 saturated carbocycles. The fourth-order valence-electron chi connectivity index (χ4n) is 4.07. The highest BCUT2D eigenvalue weighted by atomic mass is 19.1. The molecule has 3 aromatic rings. The fraction of sp³-hybridized carbons (Fsp3) is 0.320. The van der Waals surface area contributed by atoms with Crippen molar-refractivity contribution in [3.05, 3.63) is 76.7 Å². The molecular formula is C25H27FN4O. The number of piperazine rings is 1. The van der Waals surface area contributed by atoms with Crippen molar-refractivity contribution in [2.75, 3.05) is 31.1 Å². The molecule has 0 atom stereocenters. The van der Waals surface area contributed by atoms with Gasteiger partial charge in [-0.1, -0.05) is 30.7 Å². The second-order valence-electron chi connectivity index (χ2n) is 7.94. The van der Waals surface area contributed by atoms with Gasteiger partial charge in [0.1, 0.15) is 11.6 Å². The average Bonchev–Trinajstić information content (AvgIpc) is 2.78. The van der Waals surface area contributed by atoms with Crippen LogP contribution in [-0.2, 0) is 6.42 Å². The van der Waals surface area contributed by atoms with E-state index in [-0.39, 0.29) is 11.7 Å². The molecule has 2 aromatic carbocycles. The topological polar surface area (TPSA) is 49.3 Å². The van der Waals surface area contributed by atoms with Gasteiger partial charge in [0.2, 0.25) is 0 Å². The number of hydrogen-bond acceptors (Lipinski definition) is 4. The Hall–Kier alpha value is -3.28. The van der Waals surface area contributed by atoms with Gasteiger partial charge in [0.15, 0.2) is 5.82 Å². The molecule has 0 N–H and O–H groups in total. The summed E-state index contributed by atoms with van der Waals surface area (Å²) >= 11 is 0. The molecule has 0 radical (unpaired) electrons. The number of hydrogen-bond donors (Lipinski definition) is 0. The Morgan fingerprint density at radius 3 is 2.35 bits per heavy atom. The second-order valence-corrected chi connectivity index (χ2v) is 7.94. The standard InChI is InChI=1S/C25H27FN4O/c1-4-22-18(3)27-23(20-7-5-6-17(2)16-20)28-24(22)29-12-14-30(15-13-29)25(31)19-8-10-21(26)11-9-19/h5-11,16H,4,12-15H2,1-3H3. The van der Waals surface area contributed by atoms with Gasteiger partial charge in [0.25, 0.3) is 5.91 Å². The van der Waals surface area contributed by atoms with Crippen molar-refractivity contribution in [2.24, 2.45) is 0 Å². The van der Waals surface area contributed by atoms with E-state index in [0.29, 0.717) is 31.7 Å². The summed E-state index contributed by atoms with van der Waals surface area (Å²) in [4.78, 5) is 26.6. The maximum absolute atomic E-state index is 13.2. The SMILES string of the molecule is CCc1c(C)nc(-c2cccc(C)c2)nc1N1CCN(C(=O)c2ccc(F)cc2)CC1. The minimum absolute atomic E-state index is 0.0605. The summed E-state index contributed by atoms with van der Waals surface area (Å²) < 4.78 is 13.2. The van der Waals surface area contributed by atoms with E-state index in [1.54, 1.807) is 12.1 Å². The third-order valence-electron chi connectivity index (χ3n) is 5.78. The van der Waals surface area contributed by atoms with Crippen LogP contribution >= 0.6 is 0 Å². The minimum Gasteiger partial charge on any atom is -0.353 e. The molecule has 1 fully saturated rings. The van der Waals surface area contributed by atoms with E-state index in [0.717, 1.165) is 34.9 Å². The molecule has 6 heteroatoms. The van der Waals surface area contributed by atoms with Gasteiger partial charge in [-0.2, -0.15) is 0 Å². The number of carbonyl (C=O) groups excluding carboxylic acids is 1. The molecular weight excluding hydrogens is 391 g/mol. The first-order valence-corrected chi connectivity index (χ1v) is 10.7. The van der Waals surface area contributed by atoms with Crippen LogP contribution in [0.25, 0.3) is 11.4 Å². The summed E-state index contributed by atoms with van der Waals surface area (Å²) in [6, 6.07) is 14.0. The van der Waals surface area contributed by atoms with E-state index in [9.17, 15) is 9.18 Å². The van der Waals surface area contributed by atoms with Crippen molar-refractivity contribution < 1.29 is 9.18 Å². The summed E-state index contributed by atoms with van der Waals surface area (Å²) in [6.07, 6.45) is 0.851. The fourth-order valence-corrected chi connectivity index (χ4v) is 4.07. The molecule has 5 nitrogen and oxygen atoms in total. The molecule has 1 aromatic heterocycles. The van der Waals surface area contributed by atoms with Gasteiger partial charge in [-0.15, -0.1) is 0 Å². The lowest BCUT2D eigenvalue weighted by Crippen LogP contribution is -2.49. The quantitative estimate of drug-likeness (QED) is 0.629. The van der Waals surface area contributed by atoms with Crippen LogP contribution in [0.4, 0.5) is 10.2 Å². The van der Waals surface area contributed by atoms with E-state index >= 15 is 0 Å². The van der Waals surface area contributed by atoms with Crippen LogP contribution < -0.4 is 4.90 Å². The monoisotopic (exact) mass is 418 g/mol. The third kappa shape index (κ3) is 4.43. The Bertz CT molecular complexity index is 1090. The molecule has 0 bridgehead atoms. The van der Waals surface area contributed by atoms with E-state index in [4.69, 9.17) is 9.97 Å². The van der Waals surface area contributed by atoms with Crippen LogP contribution in [0.3, 0.4) is 0 Å². The van der Waals surface area contributed by atoms with Gasteiger partial charge in [-0.3, -0.25) is 4.79 Å².